The van der Waals surface area contributed by atoms with Crippen molar-refractivity contribution < 1.29 is 24.1 Å². The maximum atomic E-state index is 10.3. The average Bonchev–Trinajstić information content (AvgIpc) is 2.63. The van der Waals surface area contributed by atoms with Gasteiger partial charge in [0.25, 0.3) is 0 Å². The van der Waals surface area contributed by atoms with Gasteiger partial charge in [0.15, 0.2) is 0 Å². The van der Waals surface area contributed by atoms with E-state index in [4.69, 9.17) is 18.9 Å². The van der Waals surface area contributed by atoms with Gasteiger partial charge in [-0.1, -0.05) is 25.1 Å². The van der Waals surface area contributed by atoms with E-state index in [9.17, 15) is 5.11 Å². The van der Waals surface area contributed by atoms with E-state index in [2.05, 4.69) is 13.5 Å². The maximum Gasteiger partial charge on any atom is 0.146 e. The molecule has 0 radical (unpaired) electrons. The Kier molecular flexibility index (Phi) is 11.2. The molecular weight excluding hydrogens is 320 g/mol. The third-order valence-corrected chi connectivity index (χ3v) is 4.10. The zero-order chi connectivity index (χ0) is 18.5. The van der Waals surface area contributed by atoms with Gasteiger partial charge in [0.1, 0.15) is 12.5 Å². The molecule has 1 aromatic rings. The monoisotopic (exact) mass is 352 g/mol. The minimum absolute atomic E-state index is 0.0606. The van der Waals surface area contributed by atoms with E-state index in [0.717, 1.165) is 17.7 Å². The lowest BCUT2D eigenvalue weighted by Crippen LogP contribution is -2.28. The molecule has 3 atom stereocenters. The second-order valence-electron chi connectivity index (χ2n) is 6.19. The molecule has 0 saturated heterocycles. The van der Waals surface area contributed by atoms with Crippen molar-refractivity contribution in [1.29, 1.82) is 0 Å². The highest BCUT2D eigenvalue weighted by Gasteiger charge is 2.21. The predicted molar refractivity (Wildman–Crippen MR) is 98.6 cm³/mol. The lowest BCUT2D eigenvalue weighted by molar-refractivity contribution is -0.103. The highest BCUT2D eigenvalue weighted by molar-refractivity contribution is 5.26. The van der Waals surface area contributed by atoms with Crippen LogP contribution in [0, 0.1) is 5.92 Å². The molecule has 25 heavy (non-hydrogen) atoms. The van der Waals surface area contributed by atoms with Crippen molar-refractivity contribution in [2.75, 3.05) is 27.6 Å². The second-order valence-corrected chi connectivity index (χ2v) is 6.19. The number of hydrogen-bond donors (Lipinski definition) is 1. The number of rotatable bonds is 14. The van der Waals surface area contributed by atoms with E-state index in [1.165, 1.54) is 0 Å². The van der Waals surface area contributed by atoms with Crippen molar-refractivity contribution in [2.45, 2.75) is 45.0 Å². The van der Waals surface area contributed by atoms with E-state index in [1.54, 1.807) is 14.2 Å². The molecule has 0 aliphatic rings. The number of allylic oxidation sites excluding steroid dienone is 1. The summed E-state index contributed by atoms with van der Waals surface area (Å²) in [4.78, 5) is 0. The summed E-state index contributed by atoms with van der Waals surface area (Å²) in [6, 6.07) is 7.76. The molecule has 0 aliphatic carbocycles. The van der Waals surface area contributed by atoms with Crippen LogP contribution in [0.25, 0.3) is 0 Å². The number of ether oxygens (including phenoxy) is 4. The van der Waals surface area contributed by atoms with Crippen LogP contribution in [-0.2, 0) is 20.8 Å². The summed E-state index contributed by atoms with van der Waals surface area (Å²) in [5, 5.41) is 10.3. The molecule has 1 aromatic carbocycles. The first kappa shape index (κ1) is 21.6. The lowest BCUT2D eigenvalue weighted by atomic mass is 9.95. The van der Waals surface area contributed by atoms with Crippen molar-refractivity contribution in [3.8, 4) is 5.75 Å². The quantitative estimate of drug-likeness (QED) is 0.315. The zero-order valence-electron chi connectivity index (χ0n) is 15.6. The van der Waals surface area contributed by atoms with E-state index < -0.39 is 6.10 Å². The molecule has 0 aliphatic heterocycles. The largest absolute Gasteiger partial charge is 0.497 e. The molecule has 0 amide bonds. The molecule has 5 heteroatoms. The normalized spacial score (nSPS) is 14.7. The van der Waals surface area contributed by atoms with Gasteiger partial charge in [-0.2, -0.15) is 0 Å². The van der Waals surface area contributed by atoms with Gasteiger partial charge >= 0.3 is 0 Å². The van der Waals surface area contributed by atoms with E-state index in [0.29, 0.717) is 26.1 Å². The smallest absolute Gasteiger partial charge is 0.146 e. The first-order valence-corrected chi connectivity index (χ1v) is 8.70. The zero-order valence-corrected chi connectivity index (χ0v) is 15.6. The fourth-order valence-electron chi connectivity index (χ4n) is 2.55. The summed E-state index contributed by atoms with van der Waals surface area (Å²) in [5.74, 6) is 1.11. The molecule has 0 spiro atoms. The molecule has 0 aromatic heterocycles. The summed E-state index contributed by atoms with van der Waals surface area (Å²) in [6.07, 6.45) is 3.32. The third-order valence-electron chi connectivity index (χ3n) is 4.10. The van der Waals surface area contributed by atoms with Gasteiger partial charge in [0.05, 0.1) is 25.9 Å². The van der Waals surface area contributed by atoms with E-state index in [1.807, 2.05) is 30.3 Å². The Balaban J connectivity index is 2.30. The lowest BCUT2D eigenvalue weighted by Gasteiger charge is -2.25. The molecule has 1 rings (SSSR count). The Hall–Kier alpha value is -1.40. The van der Waals surface area contributed by atoms with Gasteiger partial charge in [0.2, 0.25) is 0 Å². The van der Waals surface area contributed by atoms with E-state index in [-0.39, 0.29) is 18.8 Å². The number of aliphatic hydroxyl groups is 1. The molecule has 1 N–H and O–H groups in total. The Bertz CT molecular complexity index is 460. The summed E-state index contributed by atoms with van der Waals surface area (Å²) in [6.45, 7) is 7.11. The van der Waals surface area contributed by atoms with Gasteiger partial charge in [0, 0.05) is 13.7 Å². The fourth-order valence-corrected chi connectivity index (χ4v) is 2.55. The SMILES string of the molecule is C=CC[C@H](C)[C@@H](C[C@@H](O)CCOCc1ccc(OC)cc1)OCOC. The van der Waals surface area contributed by atoms with Crippen LogP contribution in [0.4, 0.5) is 0 Å². The highest BCUT2D eigenvalue weighted by atomic mass is 16.7. The standard InChI is InChI=1S/C20H32O5/c1-5-6-16(2)20(25-15-22-3)13-18(21)11-12-24-14-17-7-9-19(23-4)10-8-17/h5,7-10,16,18,20-21H,1,6,11-15H2,2-4H3/t16-,18-,20+/m0/s1. The summed E-state index contributed by atoms with van der Waals surface area (Å²) < 4.78 is 21.5. The molecule has 0 heterocycles. The van der Waals surface area contributed by atoms with Crippen LogP contribution in [0.15, 0.2) is 36.9 Å². The maximum absolute atomic E-state index is 10.3. The first-order valence-electron chi connectivity index (χ1n) is 8.70. The summed E-state index contributed by atoms with van der Waals surface area (Å²) in [7, 11) is 3.24. The average molecular weight is 352 g/mol. The Labute approximate surface area is 151 Å². The van der Waals surface area contributed by atoms with Crippen LogP contribution in [0.1, 0.15) is 31.7 Å². The number of benzene rings is 1. The Morgan fingerprint density at radius 2 is 1.92 bits per heavy atom. The fraction of sp³-hybridized carbons (Fsp3) is 0.600. The number of methoxy groups -OCH3 is 2. The van der Waals surface area contributed by atoms with Crippen molar-refractivity contribution in [3.05, 3.63) is 42.5 Å². The minimum atomic E-state index is -0.468. The van der Waals surface area contributed by atoms with Crippen molar-refractivity contribution in [1.82, 2.24) is 0 Å². The van der Waals surface area contributed by atoms with Crippen LogP contribution in [0.2, 0.25) is 0 Å². The van der Waals surface area contributed by atoms with Crippen molar-refractivity contribution in [3.63, 3.8) is 0 Å². The third kappa shape index (κ3) is 9.02. The van der Waals surface area contributed by atoms with Crippen LogP contribution in [0.3, 0.4) is 0 Å². The van der Waals surface area contributed by atoms with Crippen LogP contribution in [-0.4, -0.2) is 44.9 Å². The molecule has 0 bridgehead atoms. The predicted octanol–water partition coefficient (Wildman–Crippen LogP) is 3.55. The summed E-state index contributed by atoms with van der Waals surface area (Å²) >= 11 is 0. The molecule has 0 fully saturated rings. The number of hydrogen-bond acceptors (Lipinski definition) is 5. The van der Waals surface area contributed by atoms with Crippen LogP contribution in [0.5, 0.6) is 5.75 Å². The van der Waals surface area contributed by atoms with Gasteiger partial charge in [-0.3, -0.25) is 0 Å². The molecule has 5 nitrogen and oxygen atoms in total. The molecule has 0 unspecified atom stereocenters. The second kappa shape index (κ2) is 12.9. The highest BCUT2D eigenvalue weighted by Crippen LogP contribution is 2.19. The first-order chi connectivity index (χ1) is 12.1. The van der Waals surface area contributed by atoms with Crippen molar-refractivity contribution >= 4 is 0 Å². The van der Waals surface area contributed by atoms with Gasteiger partial charge in [-0.05, 0) is 42.9 Å². The van der Waals surface area contributed by atoms with E-state index >= 15 is 0 Å². The van der Waals surface area contributed by atoms with Gasteiger partial charge in [-0.25, -0.2) is 0 Å². The van der Waals surface area contributed by atoms with Crippen molar-refractivity contribution in [2.24, 2.45) is 5.92 Å². The van der Waals surface area contributed by atoms with Crippen LogP contribution < -0.4 is 4.74 Å². The Morgan fingerprint density at radius 1 is 1.20 bits per heavy atom. The summed E-state index contributed by atoms with van der Waals surface area (Å²) in [5.41, 5.74) is 1.08. The molecule has 142 valence electrons. The topological polar surface area (TPSA) is 57.2 Å². The molecular formula is C20H32O5. The van der Waals surface area contributed by atoms with Crippen LogP contribution >= 0.6 is 0 Å². The number of aliphatic hydroxyl groups excluding tert-OH is 1. The van der Waals surface area contributed by atoms with Gasteiger partial charge in [-0.15, -0.1) is 6.58 Å². The molecule has 0 saturated carbocycles. The minimum Gasteiger partial charge on any atom is -0.497 e. The Morgan fingerprint density at radius 3 is 2.52 bits per heavy atom. The van der Waals surface area contributed by atoms with Gasteiger partial charge < -0.3 is 24.1 Å².